The summed E-state index contributed by atoms with van der Waals surface area (Å²) in [6.45, 7) is 3.75. The Labute approximate surface area is 168 Å². The van der Waals surface area contributed by atoms with Crippen LogP contribution in [-0.2, 0) is 4.79 Å². The topological polar surface area (TPSA) is 85.6 Å². The molecule has 0 spiro atoms. The molecule has 3 aromatic rings. The van der Waals surface area contributed by atoms with Gasteiger partial charge in [-0.2, -0.15) is 0 Å². The highest BCUT2D eigenvalue weighted by atomic mass is 16.5. The molecule has 2 N–H and O–H groups in total. The lowest BCUT2D eigenvalue weighted by molar-refractivity contribution is -0.127. The number of carbonyl (C=O) groups excluding carboxylic acids is 1. The van der Waals surface area contributed by atoms with Crippen LogP contribution in [0.2, 0.25) is 0 Å². The summed E-state index contributed by atoms with van der Waals surface area (Å²) in [5.74, 6) is 0.930. The predicted molar refractivity (Wildman–Crippen MR) is 107 cm³/mol. The molecule has 5 rings (SSSR count). The van der Waals surface area contributed by atoms with Gasteiger partial charge in [0.05, 0.1) is 18.5 Å². The molecule has 2 aliphatic rings. The monoisotopic (exact) mass is 391 g/mol. The quantitative estimate of drug-likeness (QED) is 0.704. The summed E-state index contributed by atoms with van der Waals surface area (Å²) in [7, 11) is 1.58. The van der Waals surface area contributed by atoms with Crippen LogP contribution in [0.4, 0.5) is 11.6 Å². The summed E-state index contributed by atoms with van der Waals surface area (Å²) in [5, 5.41) is 10.4. The Hall–Kier alpha value is -3.48. The van der Waals surface area contributed by atoms with E-state index in [0.29, 0.717) is 17.3 Å². The van der Waals surface area contributed by atoms with Crippen molar-refractivity contribution < 1.29 is 18.8 Å². The van der Waals surface area contributed by atoms with Gasteiger partial charge in [-0.1, -0.05) is 35.5 Å². The first-order valence-corrected chi connectivity index (χ1v) is 9.48. The van der Waals surface area contributed by atoms with Crippen LogP contribution in [0.5, 0.6) is 11.5 Å². The van der Waals surface area contributed by atoms with Crippen LogP contribution in [0.3, 0.4) is 0 Å². The first-order chi connectivity index (χ1) is 14.0. The molecular formula is C22H21N3O4. The minimum Gasteiger partial charge on any atom is -0.495 e. The lowest BCUT2D eigenvalue weighted by atomic mass is 9.70. The molecule has 0 radical (unpaired) electrons. The lowest BCUT2D eigenvalue weighted by Crippen LogP contribution is -2.59. The van der Waals surface area contributed by atoms with E-state index >= 15 is 0 Å². The van der Waals surface area contributed by atoms with Crippen molar-refractivity contribution in [1.82, 2.24) is 5.16 Å². The second-order valence-corrected chi connectivity index (χ2v) is 7.53. The zero-order valence-corrected chi connectivity index (χ0v) is 16.4. The van der Waals surface area contributed by atoms with Crippen molar-refractivity contribution in [3.63, 3.8) is 0 Å². The molecule has 2 unspecified atom stereocenters. The Kier molecular flexibility index (Phi) is 3.81. The Balaban J connectivity index is 1.63. The fraction of sp³-hybridized carbons (Fsp3) is 0.273. The standard InChI is InChI=1S/C22H21N3O4/c1-12-17-18-13-8-4-6-10-15(13)28-22(2,24-21(17)29-25-12)19(18)20(26)23-14-9-5-7-11-16(14)27-3/h4-11,18-19,24H,1-3H3,(H,23,26)/t18-,19?,22?/m0/s1. The number of ether oxygens (including phenoxy) is 2. The molecule has 1 amide bonds. The number of anilines is 2. The van der Waals surface area contributed by atoms with Gasteiger partial charge in [0.1, 0.15) is 17.4 Å². The van der Waals surface area contributed by atoms with E-state index in [1.807, 2.05) is 62.4 Å². The number of rotatable bonds is 3. The van der Waals surface area contributed by atoms with Crippen molar-refractivity contribution in [2.24, 2.45) is 5.92 Å². The fourth-order valence-electron chi connectivity index (χ4n) is 4.46. The minimum atomic E-state index is -0.996. The number of methoxy groups -OCH3 is 1. The Bertz CT molecular complexity index is 1110. The van der Waals surface area contributed by atoms with Gasteiger partial charge in [-0.05, 0) is 32.0 Å². The maximum absolute atomic E-state index is 13.6. The van der Waals surface area contributed by atoms with Crippen LogP contribution >= 0.6 is 0 Å². The molecule has 0 saturated carbocycles. The molecule has 7 nitrogen and oxygen atoms in total. The SMILES string of the molecule is COc1ccccc1NC(=O)C1[C@H]2c3ccccc3OC1(C)Nc1onc(C)c12. The van der Waals surface area contributed by atoms with Gasteiger partial charge in [-0.25, -0.2) is 0 Å². The number of para-hydroxylation sites is 3. The van der Waals surface area contributed by atoms with Gasteiger partial charge in [0.15, 0.2) is 5.72 Å². The van der Waals surface area contributed by atoms with Crippen molar-refractivity contribution in [2.75, 3.05) is 17.7 Å². The van der Waals surface area contributed by atoms with Gasteiger partial charge in [0.25, 0.3) is 0 Å². The first kappa shape index (κ1) is 17.6. The molecule has 2 aromatic carbocycles. The molecule has 7 heteroatoms. The van der Waals surface area contributed by atoms with Crippen LogP contribution < -0.4 is 20.1 Å². The summed E-state index contributed by atoms with van der Waals surface area (Å²) in [6.07, 6.45) is 0. The largest absolute Gasteiger partial charge is 0.495 e. The molecule has 3 atom stereocenters. The van der Waals surface area contributed by atoms with Crippen molar-refractivity contribution >= 4 is 17.5 Å². The summed E-state index contributed by atoms with van der Waals surface area (Å²) < 4.78 is 17.2. The Morgan fingerprint density at radius 2 is 1.97 bits per heavy atom. The van der Waals surface area contributed by atoms with Gasteiger partial charge in [-0.15, -0.1) is 0 Å². The summed E-state index contributed by atoms with van der Waals surface area (Å²) >= 11 is 0. The number of carbonyl (C=O) groups is 1. The third-order valence-electron chi connectivity index (χ3n) is 5.73. The number of aryl methyl sites for hydroxylation is 1. The molecule has 3 heterocycles. The second-order valence-electron chi connectivity index (χ2n) is 7.53. The maximum Gasteiger partial charge on any atom is 0.234 e. The van der Waals surface area contributed by atoms with Gasteiger partial charge in [0.2, 0.25) is 11.8 Å². The maximum atomic E-state index is 13.6. The highest BCUT2D eigenvalue weighted by molar-refractivity contribution is 5.97. The zero-order chi connectivity index (χ0) is 20.2. The van der Waals surface area contributed by atoms with Gasteiger partial charge < -0.3 is 24.6 Å². The molecule has 2 aliphatic heterocycles. The zero-order valence-electron chi connectivity index (χ0n) is 16.4. The summed E-state index contributed by atoms with van der Waals surface area (Å²) in [5.41, 5.74) is 2.20. The van der Waals surface area contributed by atoms with E-state index in [2.05, 4.69) is 15.8 Å². The third kappa shape index (κ3) is 2.57. The van der Waals surface area contributed by atoms with Crippen LogP contribution in [0.15, 0.2) is 53.1 Å². The number of nitrogens with one attached hydrogen (secondary N) is 2. The van der Waals surface area contributed by atoms with E-state index in [1.165, 1.54) is 0 Å². The number of fused-ring (bicyclic) bond motifs is 6. The number of nitrogens with zero attached hydrogens (tertiary/aromatic N) is 1. The Morgan fingerprint density at radius 1 is 1.21 bits per heavy atom. The van der Waals surface area contributed by atoms with E-state index in [0.717, 1.165) is 22.6 Å². The van der Waals surface area contributed by atoms with E-state index in [-0.39, 0.29) is 11.8 Å². The predicted octanol–water partition coefficient (Wildman–Crippen LogP) is 3.91. The molecule has 0 fully saturated rings. The highest BCUT2D eigenvalue weighted by Gasteiger charge is 2.57. The Morgan fingerprint density at radius 3 is 2.79 bits per heavy atom. The lowest BCUT2D eigenvalue weighted by Gasteiger charge is -2.48. The normalized spacial score (nSPS) is 23.8. The van der Waals surface area contributed by atoms with Crippen molar-refractivity contribution in [3.05, 3.63) is 65.4 Å². The molecular weight excluding hydrogens is 370 g/mol. The molecule has 0 aliphatic carbocycles. The van der Waals surface area contributed by atoms with E-state index in [1.54, 1.807) is 7.11 Å². The minimum absolute atomic E-state index is 0.171. The molecule has 148 valence electrons. The van der Waals surface area contributed by atoms with E-state index in [4.69, 9.17) is 14.0 Å². The van der Waals surface area contributed by atoms with Crippen LogP contribution in [-0.4, -0.2) is 23.9 Å². The number of hydrogen-bond acceptors (Lipinski definition) is 6. The van der Waals surface area contributed by atoms with Gasteiger partial charge in [-0.3, -0.25) is 4.79 Å². The van der Waals surface area contributed by atoms with Crippen LogP contribution in [0.25, 0.3) is 0 Å². The number of hydrogen-bond donors (Lipinski definition) is 2. The van der Waals surface area contributed by atoms with Crippen molar-refractivity contribution in [3.8, 4) is 11.5 Å². The molecule has 29 heavy (non-hydrogen) atoms. The number of amides is 1. The number of benzene rings is 2. The average molecular weight is 391 g/mol. The second kappa shape index (κ2) is 6.27. The first-order valence-electron chi connectivity index (χ1n) is 9.48. The summed E-state index contributed by atoms with van der Waals surface area (Å²) in [4.78, 5) is 13.6. The van der Waals surface area contributed by atoms with Crippen molar-refractivity contribution in [2.45, 2.75) is 25.5 Å². The van der Waals surface area contributed by atoms with E-state index in [9.17, 15) is 4.79 Å². The van der Waals surface area contributed by atoms with Gasteiger partial charge in [0, 0.05) is 17.0 Å². The van der Waals surface area contributed by atoms with Gasteiger partial charge >= 0.3 is 0 Å². The highest BCUT2D eigenvalue weighted by Crippen LogP contribution is 2.54. The number of aromatic nitrogens is 1. The smallest absolute Gasteiger partial charge is 0.234 e. The average Bonchev–Trinajstić information content (AvgIpc) is 3.06. The van der Waals surface area contributed by atoms with E-state index < -0.39 is 11.6 Å². The van der Waals surface area contributed by atoms with Crippen molar-refractivity contribution in [1.29, 1.82) is 0 Å². The molecule has 1 aromatic heterocycles. The van der Waals surface area contributed by atoms with Crippen LogP contribution in [0.1, 0.15) is 29.7 Å². The third-order valence-corrected chi connectivity index (χ3v) is 5.73. The summed E-state index contributed by atoms with van der Waals surface area (Å²) in [6, 6.07) is 15.1. The molecule has 0 saturated heterocycles. The van der Waals surface area contributed by atoms with Crippen LogP contribution in [0, 0.1) is 12.8 Å². The molecule has 2 bridgehead atoms. The fourth-order valence-corrected chi connectivity index (χ4v) is 4.46.